The maximum absolute atomic E-state index is 12.8. The highest BCUT2D eigenvalue weighted by Crippen LogP contribution is 2.31. The van der Waals surface area contributed by atoms with Gasteiger partial charge in [-0.1, -0.05) is 48.9 Å². The lowest BCUT2D eigenvalue weighted by atomic mass is 10.2. The molecule has 3 aromatic rings. The van der Waals surface area contributed by atoms with Crippen molar-refractivity contribution >= 4 is 35.0 Å². The van der Waals surface area contributed by atoms with E-state index >= 15 is 0 Å². The number of thioether (sulfide) groups is 1. The SMILES string of the molecule is CCC(Sc1ccc(Cl)cc1)C(=O)Nc1ccccc1Oc1ccccc1. The third kappa shape index (κ3) is 5.52. The van der Waals surface area contributed by atoms with Gasteiger partial charge in [-0.2, -0.15) is 0 Å². The second kappa shape index (κ2) is 9.49. The van der Waals surface area contributed by atoms with Gasteiger partial charge in [0.2, 0.25) is 5.91 Å². The van der Waals surface area contributed by atoms with Crippen LogP contribution in [0, 0.1) is 0 Å². The summed E-state index contributed by atoms with van der Waals surface area (Å²) in [5.74, 6) is 1.28. The molecule has 0 bridgehead atoms. The Morgan fingerprint density at radius 3 is 2.37 bits per heavy atom. The second-order valence-electron chi connectivity index (χ2n) is 5.87. The first-order chi connectivity index (χ1) is 13.2. The van der Waals surface area contributed by atoms with Crippen LogP contribution in [-0.2, 0) is 4.79 Å². The third-order valence-electron chi connectivity index (χ3n) is 3.87. The van der Waals surface area contributed by atoms with Crippen molar-refractivity contribution in [2.75, 3.05) is 5.32 Å². The molecule has 0 spiro atoms. The van der Waals surface area contributed by atoms with Gasteiger partial charge in [0, 0.05) is 9.92 Å². The lowest BCUT2D eigenvalue weighted by molar-refractivity contribution is -0.115. The summed E-state index contributed by atoms with van der Waals surface area (Å²) in [6.45, 7) is 2.00. The number of carbonyl (C=O) groups excluding carboxylic acids is 1. The number of anilines is 1. The molecule has 1 unspecified atom stereocenters. The molecule has 1 atom stereocenters. The van der Waals surface area contributed by atoms with Crippen molar-refractivity contribution in [3.05, 3.63) is 83.9 Å². The molecule has 0 aliphatic carbocycles. The summed E-state index contributed by atoms with van der Waals surface area (Å²) in [6.07, 6.45) is 0.709. The monoisotopic (exact) mass is 397 g/mol. The molecular formula is C22H20ClNO2S. The number of hydrogen-bond acceptors (Lipinski definition) is 3. The van der Waals surface area contributed by atoms with Gasteiger partial charge in [0.25, 0.3) is 0 Å². The Balaban J connectivity index is 1.71. The van der Waals surface area contributed by atoms with Gasteiger partial charge in [-0.15, -0.1) is 11.8 Å². The van der Waals surface area contributed by atoms with Crippen molar-refractivity contribution in [2.24, 2.45) is 0 Å². The minimum absolute atomic E-state index is 0.0541. The highest BCUT2D eigenvalue weighted by Gasteiger charge is 2.19. The average Bonchev–Trinajstić information content (AvgIpc) is 2.70. The van der Waals surface area contributed by atoms with Crippen LogP contribution in [0.25, 0.3) is 0 Å². The minimum atomic E-state index is -0.212. The van der Waals surface area contributed by atoms with Gasteiger partial charge >= 0.3 is 0 Å². The van der Waals surface area contributed by atoms with Crippen LogP contribution in [0.4, 0.5) is 5.69 Å². The first-order valence-electron chi connectivity index (χ1n) is 8.70. The van der Waals surface area contributed by atoms with Crippen LogP contribution >= 0.6 is 23.4 Å². The molecule has 0 saturated heterocycles. The van der Waals surface area contributed by atoms with Crippen LogP contribution in [0.5, 0.6) is 11.5 Å². The minimum Gasteiger partial charge on any atom is -0.455 e. The van der Waals surface area contributed by atoms with Crippen molar-refractivity contribution in [2.45, 2.75) is 23.5 Å². The van der Waals surface area contributed by atoms with E-state index < -0.39 is 0 Å². The maximum atomic E-state index is 12.8. The molecule has 0 saturated carbocycles. The maximum Gasteiger partial charge on any atom is 0.237 e. The number of hydrogen-bond donors (Lipinski definition) is 1. The predicted octanol–water partition coefficient (Wildman–Crippen LogP) is 6.64. The Labute approximate surface area is 168 Å². The molecule has 0 aliphatic heterocycles. The van der Waals surface area contributed by atoms with Crippen LogP contribution in [0.2, 0.25) is 5.02 Å². The summed E-state index contributed by atoms with van der Waals surface area (Å²) < 4.78 is 5.92. The number of rotatable bonds is 7. The number of para-hydroxylation sites is 3. The van der Waals surface area contributed by atoms with Gasteiger partial charge < -0.3 is 10.1 Å². The number of benzene rings is 3. The highest BCUT2D eigenvalue weighted by atomic mass is 35.5. The molecule has 3 aromatic carbocycles. The van der Waals surface area contributed by atoms with Crippen LogP contribution in [-0.4, -0.2) is 11.2 Å². The largest absolute Gasteiger partial charge is 0.455 e. The highest BCUT2D eigenvalue weighted by molar-refractivity contribution is 8.00. The number of nitrogens with one attached hydrogen (secondary N) is 1. The molecule has 5 heteroatoms. The van der Waals surface area contributed by atoms with E-state index in [0.29, 0.717) is 22.9 Å². The van der Waals surface area contributed by atoms with Crippen molar-refractivity contribution in [3.63, 3.8) is 0 Å². The van der Waals surface area contributed by atoms with E-state index in [1.165, 1.54) is 11.8 Å². The van der Waals surface area contributed by atoms with Crippen molar-refractivity contribution in [3.8, 4) is 11.5 Å². The molecule has 1 amide bonds. The first-order valence-corrected chi connectivity index (χ1v) is 9.96. The van der Waals surface area contributed by atoms with Crippen molar-refractivity contribution < 1.29 is 9.53 Å². The van der Waals surface area contributed by atoms with E-state index in [1.807, 2.05) is 85.8 Å². The molecule has 3 nitrogen and oxygen atoms in total. The van der Waals surface area contributed by atoms with Crippen molar-refractivity contribution in [1.29, 1.82) is 0 Å². The number of amides is 1. The molecule has 3 rings (SSSR count). The first kappa shape index (κ1) is 19.3. The molecule has 0 radical (unpaired) electrons. The van der Waals surface area contributed by atoms with Gasteiger partial charge in [-0.25, -0.2) is 0 Å². The van der Waals surface area contributed by atoms with Gasteiger partial charge in [0.1, 0.15) is 5.75 Å². The van der Waals surface area contributed by atoms with Gasteiger partial charge in [-0.3, -0.25) is 4.79 Å². The zero-order valence-electron chi connectivity index (χ0n) is 14.9. The fraction of sp³-hybridized carbons (Fsp3) is 0.136. The summed E-state index contributed by atoms with van der Waals surface area (Å²) >= 11 is 7.46. The smallest absolute Gasteiger partial charge is 0.237 e. The predicted molar refractivity (Wildman–Crippen MR) is 113 cm³/mol. The van der Waals surface area contributed by atoms with E-state index in [1.54, 1.807) is 0 Å². The Bertz CT molecular complexity index is 884. The fourth-order valence-corrected chi connectivity index (χ4v) is 3.57. The third-order valence-corrected chi connectivity index (χ3v) is 5.50. The molecule has 0 fully saturated rings. The summed E-state index contributed by atoms with van der Waals surface area (Å²) in [6, 6.07) is 24.5. The Hall–Kier alpha value is -2.43. The molecular weight excluding hydrogens is 378 g/mol. The zero-order valence-corrected chi connectivity index (χ0v) is 16.5. The topological polar surface area (TPSA) is 38.3 Å². The summed E-state index contributed by atoms with van der Waals surface area (Å²) in [5, 5.41) is 3.47. The Kier molecular flexibility index (Phi) is 6.80. The summed E-state index contributed by atoms with van der Waals surface area (Å²) in [5.41, 5.74) is 0.654. The Morgan fingerprint density at radius 2 is 1.67 bits per heavy atom. The molecule has 138 valence electrons. The van der Waals surface area contributed by atoms with E-state index in [9.17, 15) is 4.79 Å². The molecule has 0 heterocycles. The van der Waals surface area contributed by atoms with Crippen LogP contribution in [0.1, 0.15) is 13.3 Å². The standard InChI is InChI=1S/C22H20ClNO2S/c1-2-21(27-18-14-12-16(23)13-15-18)22(25)24-19-10-6-7-11-20(19)26-17-8-4-3-5-9-17/h3-15,21H,2H2,1H3,(H,24,25). The lowest BCUT2D eigenvalue weighted by Crippen LogP contribution is -2.24. The van der Waals surface area contributed by atoms with Gasteiger partial charge in [0.15, 0.2) is 5.75 Å². The van der Waals surface area contributed by atoms with Crippen LogP contribution in [0.3, 0.4) is 0 Å². The van der Waals surface area contributed by atoms with Crippen LogP contribution in [0.15, 0.2) is 83.8 Å². The van der Waals surface area contributed by atoms with Gasteiger partial charge in [-0.05, 0) is 55.0 Å². The quantitative estimate of drug-likeness (QED) is 0.454. The van der Waals surface area contributed by atoms with E-state index in [0.717, 1.165) is 10.6 Å². The van der Waals surface area contributed by atoms with E-state index in [2.05, 4.69) is 5.32 Å². The molecule has 1 N–H and O–H groups in total. The molecule has 0 aliphatic rings. The van der Waals surface area contributed by atoms with Crippen LogP contribution < -0.4 is 10.1 Å². The van der Waals surface area contributed by atoms with E-state index in [-0.39, 0.29) is 11.2 Å². The average molecular weight is 398 g/mol. The number of carbonyl (C=O) groups is 1. The summed E-state index contributed by atoms with van der Waals surface area (Å²) in [4.78, 5) is 13.8. The molecule has 0 aromatic heterocycles. The number of ether oxygens (including phenoxy) is 1. The number of halogens is 1. The summed E-state index contributed by atoms with van der Waals surface area (Å²) in [7, 11) is 0. The fourth-order valence-electron chi connectivity index (χ4n) is 2.49. The lowest BCUT2D eigenvalue weighted by Gasteiger charge is -2.17. The molecule has 27 heavy (non-hydrogen) atoms. The van der Waals surface area contributed by atoms with Gasteiger partial charge in [0.05, 0.1) is 10.9 Å². The normalized spacial score (nSPS) is 11.6. The van der Waals surface area contributed by atoms with E-state index in [4.69, 9.17) is 16.3 Å². The Morgan fingerprint density at radius 1 is 1.00 bits per heavy atom. The van der Waals surface area contributed by atoms with Crippen molar-refractivity contribution in [1.82, 2.24) is 0 Å². The zero-order chi connectivity index (χ0) is 19.1. The second-order valence-corrected chi connectivity index (χ2v) is 7.58.